The van der Waals surface area contributed by atoms with Gasteiger partial charge in [-0.15, -0.1) is 0 Å². The molecule has 0 radical (unpaired) electrons. The quantitative estimate of drug-likeness (QED) is 0.705. The summed E-state index contributed by atoms with van der Waals surface area (Å²) in [6, 6.07) is 8.58. The summed E-state index contributed by atoms with van der Waals surface area (Å²) < 4.78 is 5.01. The van der Waals surface area contributed by atoms with Crippen LogP contribution in [0.25, 0.3) is 0 Å². The fraction of sp³-hybridized carbons (Fsp3) is 0.0833. The number of pyridine rings is 1. The number of anilines is 3. The summed E-state index contributed by atoms with van der Waals surface area (Å²) in [5.74, 6) is 0.611. The third-order valence-corrected chi connectivity index (χ3v) is 2.29. The monoisotopic (exact) mass is 231 g/mol. The molecule has 2 rings (SSSR count). The number of hydrogen-bond donors (Lipinski definition) is 3. The maximum Gasteiger partial charge on any atom is 0.215 e. The molecule has 0 aliphatic carbocycles. The molecule has 1 aromatic carbocycles. The Morgan fingerprint density at radius 1 is 1.29 bits per heavy atom. The minimum Gasteiger partial charge on any atom is -0.506 e. The Labute approximate surface area is 98.9 Å². The molecular weight excluding hydrogens is 218 g/mol. The van der Waals surface area contributed by atoms with Crippen LogP contribution in [0.15, 0.2) is 36.5 Å². The predicted octanol–water partition coefficient (Wildman–Crippen LogP) is 2.12. The normalized spacial score (nSPS) is 9.94. The van der Waals surface area contributed by atoms with Crippen molar-refractivity contribution in [2.24, 2.45) is 0 Å². The summed E-state index contributed by atoms with van der Waals surface area (Å²) >= 11 is 0. The van der Waals surface area contributed by atoms with Crippen molar-refractivity contribution >= 4 is 17.1 Å². The lowest BCUT2D eigenvalue weighted by Gasteiger charge is -2.11. The number of benzene rings is 1. The zero-order valence-corrected chi connectivity index (χ0v) is 9.34. The average molecular weight is 231 g/mol. The maximum atomic E-state index is 9.64. The van der Waals surface area contributed by atoms with Gasteiger partial charge in [-0.2, -0.15) is 0 Å². The zero-order chi connectivity index (χ0) is 12.3. The number of nitrogens with zero attached hydrogens (tertiary/aromatic N) is 1. The van der Waals surface area contributed by atoms with Crippen LogP contribution in [0.2, 0.25) is 0 Å². The Kier molecular flexibility index (Phi) is 3.00. The maximum absolute atomic E-state index is 9.64. The van der Waals surface area contributed by atoms with E-state index in [1.54, 1.807) is 24.3 Å². The van der Waals surface area contributed by atoms with Gasteiger partial charge in [-0.05, 0) is 12.1 Å². The predicted molar refractivity (Wildman–Crippen MR) is 66.6 cm³/mol. The number of aromatic nitrogens is 1. The molecule has 0 aliphatic heterocycles. The van der Waals surface area contributed by atoms with Crippen molar-refractivity contribution in [2.75, 3.05) is 18.2 Å². The van der Waals surface area contributed by atoms with Crippen LogP contribution in [0.1, 0.15) is 0 Å². The van der Waals surface area contributed by atoms with E-state index >= 15 is 0 Å². The van der Waals surface area contributed by atoms with Gasteiger partial charge in [0, 0.05) is 6.07 Å². The summed E-state index contributed by atoms with van der Waals surface area (Å²) in [5, 5.41) is 12.7. The lowest BCUT2D eigenvalue weighted by atomic mass is 10.2. The molecule has 0 saturated heterocycles. The molecule has 4 N–H and O–H groups in total. The SMILES string of the molecule is COc1cc(Nc2ccccc2O)c(N)cn1. The van der Waals surface area contributed by atoms with Gasteiger partial charge < -0.3 is 20.9 Å². The molecule has 1 heterocycles. The van der Waals surface area contributed by atoms with Crippen molar-refractivity contribution in [3.05, 3.63) is 36.5 Å². The third kappa shape index (κ3) is 2.39. The van der Waals surface area contributed by atoms with E-state index < -0.39 is 0 Å². The summed E-state index contributed by atoms with van der Waals surface area (Å²) in [6.45, 7) is 0. The van der Waals surface area contributed by atoms with Crippen molar-refractivity contribution < 1.29 is 9.84 Å². The molecule has 2 aromatic rings. The molecule has 0 saturated carbocycles. The highest BCUT2D eigenvalue weighted by atomic mass is 16.5. The largest absolute Gasteiger partial charge is 0.506 e. The van der Waals surface area contributed by atoms with Gasteiger partial charge in [0.25, 0.3) is 0 Å². The number of nitrogens with one attached hydrogen (secondary N) is 1. The van der Waals surface area contributed by atoms with Gasteiger partial charge in [-0.1, -0.05) is 12.1 Å². The second-order valence-electron chi connectivity index (χ2n) is 3.46. The van der Waals surface area contributed by atoms with Gasteiger partial charge in [0.1, 0.15) is 5.75 Å². The fourth-order valence-corrected chi connectivity index (χ4v) is 1.39. The van der Waals surface area contributed by atoms with E-state index in [4.69, 9.17) is 10.5 Å². The first-order chi connectivity index (χ1) is 8.20. The van der Waals surface area contributed by atoms with E-state index in [0.717, 1.165) is 0 Å². The topological polar surface area (TPSA) is 80.4 Å². The van der Waals surface area contributed by atoms with Crippen LogP contribution in [-0.4, -0.2) is 17.2 Å². The van der Waals surface area contributed by atoms with E-state index in [2.05, 4.69) is 10.3 Å². The standard InChI is InChI=1S/C12H13N3O2/c1-17-12-6-10(8(13)7-14-12)15-9-4-2-3-5-11(9)16/h2-7,16H,13H2,1H3,(H,14,15). The molecule has 1 aromatic heterocycles. The van der Waals surface area contributed by atoms with Crippen LogP contribution < -0.4 is 15.8 Å². The first-order valence-electron chi connectivity index (χ1n) is 5.05. The molecule has 0 amide bonds. The van der Waals surface area contributed by atoms with Crippen LogP contribution in [-0.2, 0) is 0 Å². The Balaban J connectivity index is 2.32. The first kappa shape index (κ1) is 11.1. The molecule has 0 unspecified atom stereocenters. The fourth-order valence-electron chi connectivity index (χ4n) is 1.39. The summed E-state index contributed by atoms with van der Waals surface area (Å²) in [7, 11) is 1.53. The highest BCUT2D eigenvalue weighted by Gasteiger charge is 2.05. The highest BCUT2D eigenvalue weighted by molar-refractivity contribution is 5.75. The number of rotatable bonds is 3. The number of hydrogen-bond acceptors (Lipinski definition) is 5. The number of phenols is 1. The first-order valence-corrected chi connectivity index (χ1v) is 5.05. The third-order valence-electron chi connectivity index (χ3n) is 2.29. The minimum atomic E-state index is 0.155. The lowest BCUT2D eigenvalue weighted by molar-refractivity contribution is 0.398. The molecule has 17 heavy (non-hydrogen) atoms. The van der Waals surface area contributed by atoms with Crippen LogP contribution in [0.5, 0.6) is 11.6 Å². The molecule has 0 bridgehead atoms. The number of para-hydroxylation sites is 2. The molecule has 0 fully saturated rings. The van der Waals surface area contributed by atoms with E-state index in [9.17, 15) is 5.11 Å². The van der Waals surface area contributed by atoms with Crippen LogP contribution in [0, 0.1) is 0 Å². The number of nitrogen functional groups attached to an aromatic ring is 1. The van der Waals surface area contributed by atoms with Gasteiger partial charge in [-0.3, -0.25) is 0 Å². The van der Waals surface area contributed by atoms with Crippen molar-refractivity contribution in [3.63, 3.8) is 0 Å². The van der Waals surface area contributed by atoms with Crippen molar-refractivity contribution in [1.29, 1.82) is 0 Å². The smallest absolute Gasteiger partial charge is 0.215 e. The Bertz CT molecular complexity index is 529. The summed E-state index contributed by atoms with van der Waals surface area (Å²) in [5.41, 5.74) is 7.47. The molecule has 5 nitrogen and oxygen atoms in total. The number of ether oxygens (including phenoxy) is 1. The second kappa shape index (κ2) is 4.61. The van der Waals surface area contributed by atoms with Gasteiger partial charge in [0.15, 0.2) is 0 Å². The Morgan fingerprint density at radius 2 is 2.06 bits per heavy atom. The van der Waals surface area contributed by atoms with Gasteiger partial charge >= 0.3 is 0 Å². The second-order valence-corrected chi connectivity index (χ2v) is 3.46. The molecule has 0 aliphatic rings. The van der Waals surface area contributed by atoms with Gasteiger partial charge in [-0.25, -0.2) is 4.98 Å². The molecular formula is C12H13N3O2. The van der Waals surface area contributed by atoms with Crippen molar-refractivity contribution in [1.82, 2.24) is 4.98 Å². The molecule has 88 valence electrons. The van der Waals surface area contributed by atoms with Crippen LogP contribution >= 0.6 is 0 Å². The molecule has 0 spiro atoms. The number of aromatic hydroxyl groups is 1. The minimum absolute atomic E-state index is 0.155. The summed E-state index contributed by atoms with van der Waals surface area (Å²) in [6.07, 6.45) is 1.50. The van der Waals surface area contributed by atoms with E-state index in [1.165, 1.54) is 13.3 Å². The van der Waals surface area contributed by atoms with E-state index in [0.29, 0.717) is 22.9 Å². The van der Waals surface area contributed by atoms with E-state index in [-0.39, 0.29) is 5.75 Å². The van der Waals surface area contributed by atoms with E-state index in [1.807, 2.05) is 6.07 Å². The number of methoxy groups -OCH3 is 1. The number of phenolic OH excluding ortho intramolecular Hbond substituents is 1. The van der Waals surface area contributed by atoms with Crippen LogP contribution in [0.3, 0.4) is 0 Å². The Hall–Kier alpha value is -2.43. The zero-order valence-electron chi connectivity index (χ0n) is 9.34. The van der Waals surface area contributed by atoms with Gasteiger partial charge in [0.2, 0.25) is 5.88 Å². The molecule has 5 heteroatoms. The highest BCUT2D eigenvalue weighted by Crippen LogP contribution is 2.30. The van der Waals surface area contributed by atoms with Crippen molar-refractivity contribution in [3.8, 4) is 11.6 Å². The summed E-state index contributed by atoms with van der Waals surface area (Å²) in [4.78, 5) is 3.97. The Morgan fingerprint density at radius 3 is 2.76 bits per heavy atom. The van der Waals surface area contributed by atoms with Crippen LogP contribution in [0.4, 0.5) is 17.1 Å². The van der Waals surface area contributed by atoms with Crippen molar-refractivity contribution in [2.45, 2.75) is 0 Å². The lowest BCUT2D eigenvalue weighted by Crippen LogP contribution is -1.98. The van der Waals surface area contributed by atoms with Gasteiger partial charge in [0.05, 0.1) is 30.4 Å². The average Bonchev–Trinajstić information content (AvgIpc) is 2.35. The number of nitrogens with two attached hydrogens (primary N) is 1. The molecule has 0 atom stereocenters.